The van der Waals surface area contributed by atoms with Gasteiger partial charge < -0.3 is 19.6 Å². The molecule has 1 atom stereocenters. The fraction of sp³-hybridized carbons (Fsp3) is 0.647. The van der Waals surface area contributed by atoms with Crippen molar-refractivity contribution >= 4 is 5.69 Å². The minimum absolute atomic E-state index is 0.258. The first-order valence-electron chi connectivity index (χ1n) is 7.65. The van der Waals surface area contributed by atoms with Crippen LogP contribution in [0.4, 0.5) is 5.69 Å². The smallest absolute Gasteiger partial charge is 0.126 e. The van der Waals surface area contributed by atoms with Crippen molar-refractivity contribution in [2.75, 3.05) is 39.7 Å². The second kappa shape index (κ2) is 6.24. The average Bonchev–Trinajstić information content (AvgIpc) is 2.40. The fourth-order valence-corrected chi connectivity index (χ4v) is 3.32. The van der Waals surface area contributed by atoms with Crippen LogP contribution >= 0.6 is 0 Å². The summed E-state index contributed by atoms with van der Waals surface area (Å²) < 4.78 is 5.42. The highest BCUT2D eigenvalue weighted by molar-refractivity contribution is 5.60. The summed E-state index contributed by atoms with van der Waals surface area (Å²) in [6.45, 7) is 2.76. The van der Waals surface area contributed by atoms with E-state index in [1.807, 2.05) is 12.1 Å². The number of methoxy groups -OCH3 is 1. The average molecular weight is 292 g/mol. The van der Waals surface area contributed by atoms with Crippen molar-refractivity contribution in [3.8, 4) is 5.75 Å². The molecule has 0 saturated heterocycles. The molecule has 0 bridgehead atoms. The lowest BCUT2D eigenvalue weighted by Gasteiger charge is -2.49. The second-order valence-electron chi connectivity index (χ2n) is 6.40. The zero-order chi connectivity index (χ0) is 15.6. The van der Waals surface area contributed by atoms with Gasteiger partial charge in [-0.2, -0.15) is 0 Å². The summed E-state index contributed by atoms with van der Waals surface area (Å²) in [5, 5.41) is 10.1. The summed E-state index contributed by atoms with van der Waals surface area (Å²) in [5.74, 6) is 0.752. The third-order valence-electron chi connectivity index (χ3n) is 4.86. The Balaban J connectivity index is 2.29. The predicted octanol–water partition coefficient (Wildman–Crippen LogP) is 2.67. The van der Waals surface area contributed by atoms with E-state index in [9.17, 15) is 5.11 Å². The number of nitrogens with zero attached hydrogens (tertiary/aromatic N) is 2. The number of rotatable bonds is 6. The normalized spacial score (nSPS) is 18.2. The van der Waals surface area contributed by atoms with Crippen LogP contribution in [-0.4, -0.2) is 50.3 Å². The Hall–Kier alpha value is -1.26. The van der Waals surface area contributed by atoms with Crippen molar-refractivity contribution in [2.45, 2.75) is 37.8 Å². The molecule has 0 aromatic heterocycles. The Morgan fingerprint density at radius 3 is 2.38 bits per heavy atom. The van der Waals surface area contributed by atoms with Gasteiger partial charge in [0.25, 0.3) is 0 Å². The predicted molar refractivity (Wildman–Crippen MR) is 87.2 cm³/mol. The number of hydrogen-bond acceptors (Lipinski definition) is 4. The van der Waals surface area contributed by atoms with Gasteiger partial charge in [-0.25, -0.2) is 0 Å². The van der Waals surface area contributed by atoms with E-state index in [2.05, 4.69) is 37.0 Å². The Labute approximate surface area is 128 Å². The number of anilines is 1. The van der Waals surface area contributed by atoms with Crippen molar-refractivity contribution in [2.24, 2.45) is 0 Å². The highest BCUT2D eigenvalue weighted by atomic mass is 16.5. The molecule has 1 aromatic rings. The lowest BCUT2D eigenvalue weighted by atomic mass is 9.75. The molecule has 1 unspecified atom stereocenters. The summed E-state index contributed by atoms with van der Waals surface area (Å²) in [6, 6.07) is 5.96. The van der Waals surface area contributed by atoms with E-state index in [0.29, 0.717) is 0 Å². The monoisotopic (exact) mass is 292 g/mol. The number of benzene rings is 1. The maximum atomic E-state index is 10.1. The van der Waals surface area contributed by atoms with Gasteiger partial charge in [0.15, 0.2) is 0 Å². The molecule has 0 heterocycles. The van der Waals surface area contributed by atoms with Crippen molar-refractivity contribution in [3.05, 3.63) is 23.8 Å². The zero-order valence-corrected chi connectivity index (χ0v) is 13.9. The Bertz CT molecular complexity index is 482. The van der Waals surface area contributed by atoms with Gasteiger partial charge in [0.2, 0.25) is 0 Å². The Morgan fingerprint density at radius 2 is 1.95 bits per heavy atom. The fourth-order valence-electron chi connectivity index (χ4n) is 3.32. The second-order valence-corrected chi connectivity index (χ2v) is 6.40. The summed E-state index contributed by atoms with van der Waals surface area (Å²) in [6.07, 6.45) is 3.22. The van der Waals surface area contributed by atoms with Gasteiger partial charge in [0.1, 0.15) is 5.75 Å². The lowest BCUT2D eigenvalue weighted by molar-refractivity contribution is 0.0681. The molecular weight excluding hydrogens is 264 g/mol. The van der Waals surface area contributed by atoms with E-state index in [-0.39, 0.29) is 5.54 Å². The number of aliphatic hydroxyl groups is 1. The van der Waals surface area contributed by atoms with Gasteiger partial charge in [-0.1, -0.05) is 6.07 Å². The maximum absolute atomic E-state index is 10.1. The Morgan fingerprint density at radius 1 is 1.29 bits per heavy atom. The molecule has 0 aliphatic heterocycles. The molecule has 1 aromatic carbocycles. The van der Waals surface area contributed by atoms with Crippen molar-refractivity contribution in [1.82, 2.24) is 4.90 Å². The first-order valence-corrected chi connectivity index (χ1v) is 7.65. The molecule has 4 heteroatoms. The van der Waals surface area contributed by atoms with Gasteiger partial charge >= 0.3 is 0 Å². The molecule has 21 heavy (non-hydrogen) atoms. The quantitative estimate of drug-likeness (QED) is 0.874. The molecular formula is C17H28N2O2. The summed E-state index contributed by atoms with van der Waals surface area (Å²) >= 11 is 0. The molecule has 1 aliphatic carbocycles. The van der Waals surface area contributed by atoms with Crippen LogP contribution in [0.1, 0.15) is 37.9 Å². The van der Waals surface area contributed by atoms with Crippen LogP contribution in [-0.2, 0) is 0 Å². The van der Waals surface area contributed by atoms with E-state index in [0.717, 1.165) is 23.5 Å². The Kier molecular flexibility index (Phi) is 4.79. The largest absolute Gasteiger partial charge is 0.496 e. The highest BCUT2D eigenvalue weighted by Crippen LogP contribution is 2.40. The molecule has 1 N–H and O–H groups in total. The minimum Gasteiger partial charge on any atom is -0.496 e. The van der Waals surface area contributed by atoms with Crippen LogP contribution < -0.4 is 9.64 Å². The van der Waals surface area contributed by atoms with Gasteiger partial charge in [0, 0.05) is 30.4 Å². The molecule has 2 rings (SSSR count). The highest BCUT2D eigenvalue weighted by Gasteiger charge is 2.40. The SMILES string of the molecule is COc1cccc(N(C)CC2(N(C)C)CCC2)c1C(C)O. The third kappa shape index (κ3) is 3.01. The number of likely N-dealkylation sites (N-methyl/N-ethyl adjacent to an activating group) is 2. The number of hydrogen-bond donors (Lipinski definition) is 1. The molecule has 0 amide bonds. The van der Waals surface area contributed by atoms with Crippen molar-refractivity contribution < 1.29 is 9.84 Å². The van der Waals surface area contributed by atoms with Crippen molar-refractivity contribution in [3.63, 3.8) is 0 Å². The standard InChI is InChI=1S/C17H28N2O2/c1-13(20)16-14(8-6-9-15(16)21-5)19(4)12-17(18(2)3)10-7-11-17/h6,8-9,13,20H,7,10-12H2,1-5H3. The molecule has 4 nitrogen and oxygen atoms in total. The van der Waals surface area contributed by atoms with E-state index < -0.39 is 6.10 Å². The van der Waals surface area contributed by atoms with Crippen LogP contribution in [0.2, 0.25) is 0 Å². The first kappa shape index (κ1) is 16.1. The van der Waals surface area contributed by atoms with E-state index >= 15 is 0 Å². The summed E-state index contributed by atoms with van der Waals surface area (Å²) in [5.41, 5.74) is 2.18. The molecule has 1 saturated carbocycles. The number of ether oxygens (including phenoxy) is 1. The van der Waals surface area contributed by atoms with Crippen LogP contribution in [0.3, 0.4) is 0 Å². The summed E-state index contributed by atoms with van der Waals surface area (Å²) in [7, 11) is 8.07. The van der Waals surface area contributed by atoms with Crippen LogP contribution in [0.25, 0.3) is 0 Å². The van der Waals surface area contributed by atoms with Crippen LogP contribution in [0.5, 0.6) is 5.75 Å². The number of aliphatic hydroxyl groups excluding tert-OH is 1. The van der Waals surface area contributed by atoms with E-state index in [1.54, 1.807) is 14.0 Å². The molecule has 0 spiro atoms. The van der Waals surface area contributed by atoms with Crippen molar-refractivity contribution in [1.29, 1.82) is 0 Å². The molecule has 118 valence electrons. The van der Waals surface area contributed by atoms with Gasteiger partial charge in [0.05, 0.1) is 13.2 Å². The molecule has 1 fully saturated rings. The lowest BCUT2D eigenvalue weighted by Crippen LogP contribution is -2.56. The maximum Gasteiger partial charge on any atom is 0.126 e. The topological polar surface area (TPSA) is 35.9 Å². The van der Waals surface area contributed by atoms with Crippen LogP contribution in [0, 0.1) is 0 Å². The summed E-state index contributed by atoms with van der Waals surface area (Å²) in [4.78, 5) is 4.60. The first-order chi connectivity index (χ1) is 9.91. The minimum atomic E-state index is -0.546. The molecule has 1 aliphatic rings. The molecule has 0 radical (unpaired) electrons. The van der Waals surface area contributed by atoms with Gasteiger partial charge in [-0.15, -0.1) is 0 Å². The third-order valence-corrected chi connectivity index (χ3v) is 4.86. The van der Waals surface area contributed by atoms with E-state index in [4.69, 9.17) is 4.74 Å². The van der Waals surface area contributed by atoms with Gasteiger partial charge in [-0.3, -0.25) is 0 Å². The van der Waals surface area contributed by atoms with Crippen LogP contribution in [0.15, 0.2) is 18.2 Å². The zero-order valence-electron chi connectivity index (χ0n) is 13.9. The van der Waals surface area contributed by atoms with E-state index in [1.165, 1.54) is 19.3 Å². The van der Waals surface area contributed by atoms with Gasteiger partial charge in [-0.05, 0) is 52.4 Å².